The molecule has 1 aliphatic rings. The Morgan fingerprint density at radius 2 is 2.05 bits per heavy atom. The van der Waals surface area contributed by atoms with Crippen molar-refractivity contribution in [3.63, 3.8) is 0 Å². The molecule has 2 aromatic rings. The molecule has 3 rings (SSSR count). The molecule has 0 saturated carbocycles. The molecule has 1 fully saturated rings. The van der Waals surface area contributed by atoms with E-state index in [1.165, 1.54) is 32.4 Å². The number of aromatic nitrogens is 2. The molecule has 5 heteroatoms. The number of likely N-dealkylation sites (tertiary alicyclic amines) is 1. The first-order valence-electron chi connectivity index (χ1n) is 7.71. The molecule has 3 N–H and O–H groups in total. The molecular weight excluding hydrogens is 262 g/mol. The number of hydrogen-bond acceptors (Lipinski definition) is 5. The number of nitrogens with zero attached hydrogens (tertiary/aromatic N) is 3. The monoisotopic (exact) mass is 285 g/mol. The van der Waals surface area contributed by atoms with Gasteiger partial charge in [-0.05, 0) is 51.1 Å². The van der Waals surface area contributed by atoms with Gasteiger partial charge in [-0.3, -0.25) is 0 Å². The van der Waals surface area contributed by atoms with Crippen molar-refractivity contribution in [2.75, 3.05) is 30.7 Å². The molecule has 1 saturated heterocycles. The summed E-state index contributed by atoms with van der Waals surface area (Å²) in [4.78, 5) is 11.2. The van der Waals surface area contributed by atoms with Gasteiger partial charge in [0.25, 0.3) is 0 Å². The fraction of sp³-hybridized carbons (Fsp3) is 0.500. The van der Waals surface area contributed by atoms with E-state index in [1.54, 1.807) is 6.33 Å². The number of nitrogen functional groups attached to an aromatic ring is 1. The van der Waals surface area contributed by atoms with E-state index < -0.39 is 0 Å². The number of anilines is 2. The number of fused-ring (bicyclic) bond motifs is 1. The highest BCUT2D eigenvalue weighted by Crippen LogP contribution is 2.22. The quantitative estimate of drug-likeness (QED) is 0.845. The Labute approximate surface area is 125 Å². The summed E-state index contributed by atoms with van der Waals surface area (Å²) in [6, 6.07) is 6.13. The molecule has 0 spiro atoms. The van der Waals surface area contributed by atoms with E-state index in [-0.39, 0.29) is 0 Å². The third-order valence-electron chi connectivity index (χ3n) is 4.02. The van der Waals surface area contributed by atoms with Crippen LogP contribution in [-0.4, -0.2) is 40.5 Å². The maximum atomic E-state index is 5.81. The number of hydrogen-bond donors (Lipinski definition) is 2. The maximum absolute atomic E-state index is 5.81. The van der Waals surface area contributed by atoms with Gasteiger partial charge in [0.2, 0.25) is 0 Å². The van der Waals surface area contributed by atoms with Crippen molar-refractivity contribution in [3.05, 3.63) is 24.5 Å². The lowest BCUT2D eigenvalue weighted by molar-refractivity contribution is 0.223. The summed E-state index contributed by atoms with van der Waals surface area (Å²) in [5, 5.41) is 4.54. The molecule has 0 aliphatic carbocycles. The fourth-order valence-electron chi connectivity index (χ4n) is 3.00. The highest BCUT2D eigenvalue weighted by molar-refractivity contribution is 5.90. The summed E-state index contributed by atoms with van der Waals surface area (Å²) in [5.41, 5.74) is 7.43. The normalized spacial score (nSPS) is 17.8. The van der Waals surface area contributed by atoms with E-state index >= 15 is 0 Å². The van der Waals surface area contributed by atoms with E-state index in [2.05, 4.69) is 27.1 Å². The minimum atomic E-state index is 0.360. The third kappa shape index (κ3) is 3.42. The van der Waals surface area contributed by atoms with Crippen LogP contribution in [0, 0.1) is 0 Å². The van der Waals surface area contributed by atoms with Crippen LogP contribution in [0.2, 0.25) is 0 Å². The molecule has 1 atom stereocenters. The topological polar surface area (TPSA) is 67.1 Å². The standard InChI is InChI=1S/C16H23N5/c1-12(10-21-7-3-2-4-8-21)20-16-14-6-5-13(17)9-15(14)18-11-19-16/h5-6,9,11-12H,2-4,7-8,10,17H2,1H3,(H,18,19,20). The molecule has 21 heavy (non-hydrogen) atoms. The molecule has 1 unspecified atom stereocenters. The summed E-state index contributed by atoms with van der Waals surface area (Å²) in [6.07, 6.45) is 5.61. The second kappa shape index (κ2) is 6.26. The van der Waals surface area contributed by atoms with Gasteiger partial charge in [0.15, 0.2) is 0 Å². The van der Waals surface area contributed by atoms with E-state index in [9.17, 15) is 0 Å². The first-order chi connectivity index (χ1) is 10.2. The highest BCUT2D eigenvalue weighted by atomic mass is 15.2. The van der Waals surface area contributed by atoms with Crippen molar-refractivity contribution in [2.45, 2.75) is 32.2 Å². The Morgan fingerprint density at radius 1 is 1.24 bits per heavy atom. The summed E-state index contributed by atoms with van der Waals surface area (Å²) in [5.74, 6) is 0.893. The smallest absolute Gasteiger partial charge is 0.137 e. The largest absolute Gasteiger partial charge is 0.399 e. The zero-order chi connectivity index (χ0) is 14.7. The summed E-state index contributed by atoms with van der Waals surface area (Å²) < 4.78 is 0. The maximum Gasteiger partial charge on any atom is 0.137 e. The summed E-state index contributed by atoms with van der Waals surface area (Å²) in [7, 11) is 0. The van der Waals surface area contributed by atoms with Crippen molar-refractivity contribution in [3.8, 4) is 0 Å². The van der Waals surface area contributed by atoms with Crippen LogP contribution >= 0.6 is 0 Å². The Morgan fingerprint density at radius 3 is 2.86 bits per heavy atom. The Balaban J connectivity index is 1.71. The number of benzene rings is 1. The van der Waals surface area contributed by atoms with Crippen LogP contribution in [0.1, 0.15) is 26.2 Å². The third-order valence-corrected chi connectivity index (χ3v) is 4.02. The molecule has 0 radical (unpaired) electrons. The van der Waals surface area contributed by atoms with Crippen LogP contribution in [-0.2, 0) is 0 Å². The lowest BCUT2D eigenvalue weighted by Gasteiger charge is -2.29. The van der Waals surface area contributed by atoms with Gasteiger partial charge < -0.3 is 16.0 Å². The van der Waals surface area contributed by atoms with Crippen molar-refractivity contribution in [2.24, 2.45) is 0 Å². The lowest BCUT2D eigenvalue weighted by atomic mass is 10.1. The number of rotatable bonds is 4. The Bertz CT molecular complexity index is 607. The second-order valence-electron chi connectivity index (χ2n) is 5.91. The van der Waals surface area contributed by atoms with Crippen LogP contribution in [0.25, 0.3) is 10.9 Å². The van der Waals surface area contributed by atoms with E-state index in [0.29, 0.717) is 6.04 Å². The SMILES string of the molecule is CC(CN1CCCCC1)Nc1ncnc2cc(N)ccc12. The predicted octanol–water partition coefficient (Wildman–Crippen LogP) is 2.50. The summed E-state index contributed by atoms with van der Waals surface area (Å²) in [6.45, 7) is 5.69. The van der Waals surface area contributed by atoms with Gasteiger partial charge in [0.1, 0.15) is 12.1 Å². The van der Waals surface area contributed by atoms with Crippen molar-refractivity contribution in [1.29, 1.82) is 0 Å². The van der Waals surface area contributed by atoms with Gasteiger partial charge in [-0.1, -0.05) is 6.42 Å². The molecule has 1 aromatic heterocycles. The Kier molecular flexibility index (Phi) is 4.20. The lowest BCUT2D eigenvalue weighted by Crippen LogP contribution is -2.38. The van der Waals surface area contributed by atoms with Gasteiger partial charge in [-0.25, -0.2) is 9.97 Å². The number of piperidine rings is 1. The number of nitrogens with two attached hydrogens (primary N) is 1. The second-order valence-corrected chi connectivity index (χ2v) is 5.91. The minimum Gasteiger partial charge on any atom is -0.399 e. The van der Waals surface area contributed by atoms with Crippen molar-refractivity contribution < 1.29 is 0 Å². The van der Waals surface area contributed by atoms with Gasteiger partial charge in [0, 0.05) is 23.7 Å². The average Bonchev–Trinajstić information content (AvgIpc) is 2.48. The fourth-order valence-corrected chi connectivity index (χ4v) is 3.00. The zero-order valence-corrected chi connectivity index (χ0v) is 12.5. The molecule has 0 amide bonds. The minimum absolute atomic E-state index is 0.360. The first kappa shape index (κ1) is 14.1. The van der Waals surface area contributed by atoms with Crippen molar-refractivity contribution in [1.82, 2.24) is 14.9 Å². The van der Waals surface area contributed by atoms with Gasteiger partial charge in [0.05, 0.1) is 5.52 Å². The molecule has 5 nitrogen and oxygen atoms in total. The molecular formula is C16H23N5. The summed E-state index contributed by atoms with van der Waals surface area (Å²) >= 11 is 0. The average molecular weight is 285 g/mol. The first-order valence-corrected chi connectivity index (χ1v) is 7.71. The molecule has 112 valence electrons. The van der Waals surface area contributed by atoms with Crippen LogP contribution in [0.3, 0.4) is 0 Å². The molecule has 1 aliphatic heterocycles. The van der Waals surface area contributed by atoms with E-state index in [4.69, 9.17) is 5.73 Å². The van der Waals surface area contributed by atoms with E-state index in [1.807, 2.05) is 18.2 Å². The Hall–Kier alpha value is -1.88. The number of nitrogens with one attached hydrogen (secondary N) is 1. The molecule has 2 heterocycles. The van der Waals surface area contributed by atoms with Gasteiger partial charge in [-0.2, -0.15) is 0 Å². The van der Waals surface area contributed by atoms with E-state index in [0.717, 1.165) is 29.0 Å². The molecule has 1 aromatic carbocycles. The highest BCUT2D eigenvalue weighted by Gasteiger charge is 2.14. The van der Waals surface area contributed by atoms with Gasteiger partial charge in [-0.15, -0.1) is 0 Å². The van der Waals surface area contributed by atoms with Crippen LogP contribution < -0.4 is 11.1 Å². The van der Waals surface area contributed by atoms with Crippen molar-refractivity contribution >= 4 is 22.4 Å². The van der Waals surface area contributed by atoms with Crippen LogP contribution in [0.4, 0.5) is 11.5 Å². The predicted molar refractivity (Wildman–Crippen MR) is 87.3 cm³/mol. The molecule has 0 bridgehead atoms. The zero-order valence-electron chi connectivity index (χ0n) is 12.5. The van der Waals surface area contributed by atoms with Gasteiger partial charge >= 0.3 is 0 Å². The van der Waals surface area contributed by atoms with Crippen LogP contribution in [0.15, 0.2) is 24.5 Å². The van der Waals surface area contributed by atoms with Crippen LogP contribution in [0.5, 0.6) is 0 Å².